The molecule has 0 rings (SSSR count). The van der Waals surface area contributed by atoms with E-state index in [2.05, 4.69) is 0 Å². The Balaban J connectivity index is 0. The summed E-state index contributed by atoms with van der Waals surface area (Å²) in [7, 11) is 0. The van der Waals surface area contributed by atoms with Crippen molar-refractivity contribution in [1.29, 1.82) is 0 Å². The molecule has 0 amide bonds. The fourth-order valence-electron chi connectivity index (χ4n) is 0. The molecule has 0 aliphatic heterocycles. The van der Waals surface area contributed by atoms with Gasteiger partial charge in [0.15, 0.2) is 0 Å². The molecule has 0 saturated heterocycles. The summed E-state index contributed by atoms with van der Waals surface area (Å²) in [6.45, 7) is 0. The van der Waals surface area contributed by atoms with E-state index in [0.29, 0.717) is 0 Å². The molecule has 9 heteroatoms. The quantitative estimate of drug-likeness (QED) is 0.562. The molecule has 0 fully saturated rings. The molecule has 69 valence electrons. The molecule has 0 aromatic carbocycles. The Morgan fingerprint density at radius 3 is 0.222 bits per heavy atom. The zero-order valence-electron chi connectivity index (χ0n) is 3.71. The van der Waals surface area contributed by atoms with Gasteiger partial charge in [-0.25, -0.2) is 0 Å². The molecule has 1 radical (unpaired) electrons. The molecule has 0 spiro atoms. The second kappa shape index (κ2) is 120. The van der Waals surface area contributed by atoms with Crippen LogP contribution in [0.3, 0.4) is 0 Å². The van der Waals surface area contributed by atoms with Crippen molar-refractivity contribution in [2.24, 2.45) is 0 Å². The van der Waals surface area contributed by atoms with Gasteiger partial charge in [0.1, 0.15) is 0 Å². The molecular weight excluding hydrogens is 377 g/mol. The minimum absolute atomic E-state index is 0. The topological polar surface area (TPSA) is 0 Å². The first kappa shape index (κ1) is 158. The van der Waals surface area contributed by atoms with Crippen LogP contribution in [0.4, 0.5) is 0 Å². The summed E-state index contributed by atoms with van der Waals surface area (Å²) in [6.07, 6.45) is 0. The summed E-state index contributed by atoms with van der Waals surface area (Å²) in [5, 5.41) is 0. The maximum Gasteiger partial charge on any atom is 0 e. The average Bonchev–Trinajstić information content (AvgIpc) is 0. The van der Waals surface area contributed by atoms with Crippen LogP contribution in [0.15, 0.2) is 0 Å². The Bertz CT molecular complexity index is 4.53. The van der Waals surface area contributed by atoms with Crippen molar-refractivity contribution in [2.75, 3.05) is 0 Å². The van der Waals surface area contributed by atoms with Gasteiger partial charge in [0.25, 0.3) is 0 Å². The molecule has 0 aromatic rings. The monoisotopic (exact) mass is 381 g/mol. The zero-order valence-corrected chi connectivity index (χ0v) is 12.4. The van der Waals surface area contributed by atoms with E-state index in [-0.39, 0.29) is 122 Å². The molecular formula is H8Cl8Nb. The third-order valence-electron chi connectivity index (χ3n) is 0. The summed E-state index contributed by atoms with van der Waals surface area (Å²) in [6, 6.07) is 0. The SMILES string of the molecule is Cl.Cl.Cl.Cl.Cl.Cl.Cl.Cl.[Nb]. The summed E-state index contributed by atoms with van der Waals surface area (Å²) in [5.41, 5.74) is 0. The average molecular weight is 385 g/mol. The van der Waals surface area contributed by atoms with Crippen LogP contribution in [0, 0.1) is 0 Å². The number of halogens is 8. The number of hydrogen-bond acceptors (Lipinski definition) is 0. The van der Waals surface area contributed by atoms with E-state index < -0.39 is 0 Å². The van der Waals surface area contributed by atoms with Gasteiger partial charge in [0.05, 0.1) is 0 Å². The van der Waals surface area contributed by atoms with Crippen LogP contribution in [0.5, 0.6) is 0 Å². The Kier molecular flexibility index (Phi) is 2090. The van der Waals surface area contributed by atoms with Crippen molar-refractivity contribution in [3.8, 4) is 0 Å². The summed E-state index contributed by atoms with van der Waals surface area (Å²) >= 11 is 0. The summed E-state index contributed by atoms with van der Waals surface area (Å²) in [4.78, 5) is 0. The molecule has 0 atom stereocenters. The van der Waals surface area contributed by atoms with Crippen LogP contribution in [-0.2, 0) is 22.4 Å². The smallest absolute Gasteiger partial charge is 0 e. The molecule has 9 heavy (non-hydrogen) atoms. The van der Waals surface area contributed by atoms with Crippen molar-refractivity contribution in [1.82, 2.24) is 0 Å². The van der Waals surface area contributed by atoms with Crippen LogP contribution >= 0.6 is 99.3 Å². The minimum Gasteiger partial charge on any atom is -0.147 e. The maximum atomic E-state index is 0. The molecule has 0 aliphatic rings. The van der Waals surface area contributed by atoms with Gasteiger partial charge < -0.3 is 0 Å². The van der Waals surface area contributed by atoms with Crippen LogP contribution in [0.1, 0.15) is 0 Å². The molecule has 0 saturated carbocycles. The van der Waals surface area contributed by atoms with E-state index >= 15 is 0 Å². The van der Waals surface area contributed by atoms with Gasteiger partial charge in [-0.3, -0.25) is 0 Å². The summed E-state index contributed by atoms with van der Waals surface area (Å²) in [5.74, 6) is 0. The standard InChI is InChI=1S/8ClH.Nb/h8*1H;. The van der Waals surface area contributed by atoms with E-state index in [1.807, 2.05) is 0 Å². The van der Waals surface area contributed by atoms with E-state index in [1.54, 1.807) is 0 Å². The predicted octanol–water partition coefficient (Wildman–Crippen LogP) is 3.37. The van der Waals surface area contributed by atoms with Gasteiger partial charge in [0, 0.05) is 22.4 Å². The first-order valence-corrected chi connectivity index (χ1v) is 0. The molecule has 0 bridgehead atoms. The van der Waals surface area contributed by atoms with Crippen LogP contribution in [0.2, 0.25) is 0 Å². The van der Waals surface area contributed by atoms with Crippen molar-refractivity contribution < 1.29 is 22.4 Å². The molecule has 0 unspecified atom stereocenters. The Morgan fingerprint density at radius 1 is 0.222 bits per heavy atom. The fraction of sp³-hybridized carbons (Fsp3) is 0. The second-order valence-electron chi connectivity index (χ2n) is 0. The van der Waals surface area contributed by atoms with Crippen molar-refractivity contribution in [3.63, 3.8) is 0 Å². The fourth-order valence-corrected chi connectivity index (χ4v) is 0. The van der Waals surface area contributed by atoms with Gasteiger partial charge >= 0.3 is 0 Å². The first-order valence-electron chi connectivity index (χ1n) is 0. The summed E-state index contributed by atoms with van der Waals surface area (Å²) < 4.78 is 0. The van der Waals surface area contributed by atoms with Crippen molar-refractivity contribution in [3.05, 3.63) is 0 Å². The van der Waals surface area contributed by atoms with Crippen LogP contribution in [-0.4, -0.2) is 0 Å². The Labute approximate surface area is 120 Å². The van der Waals surface area contributed by atoms with Crippen LogP contribution in [0.25, 0.3) is 0 Å². The number of rotatable bonds is 0. The first-order chi connectivity index (χ1) is 0. The van der Waals surface area contributed by atoms with Crippen molar-refractivity contribution in [2.45, 2.75) is 0 Å². The van der Waals surface area contributed by atoms with Gasteiger partial charge in [0.2, 0.25) is 0 Å². The molecule has 0 N–H and O–H groups in total. The second-order valence-corrected chi connectivity index (χ2v) is 0. The molecule has 0 heterocycles. The van der Waals surface area contributed by atoms with Gasteiger partial charge in [-0.2, -0.15) is 0 Å². The van der Waals surface area contributed by atoms with E-state index in [1.165, 1.54) is 0 Å². The Hall–Kier alpha value is 3.06. The van der Waals surface area contributed by atoms with Gasteiger partial charge in [-0.15, -0.1) is 99.3 Å². The third kappa shape index (κ3) is 96.9. The van der Waals surface area contributed by atoms with Gasteiger partial charge in [-0.05, 0) is 0 Å². The van der Waals surface area contributed by atoms with Crippen molar-refractivity contribution >= 4 is 99.3 Å². The minimum atomic E-state index is 0. The largest absolute Gasteiger partial charge is 0.147 e. The Morgan fingerprint density at radius 2 is 0.222 bits per heavy atom. The van der Waals surface area contributed by atoms with E-state index in [9.17, 15) is 0 Å². The van der Waals surface area contributed by atoms with E-state index in [4.69, 9.17) is 0 Å². The maximum absolute atomic E-state index is 0. The normalized spacial score (nSPS) is 0. The van der Waals surface area contributed by atoms with Crippen LogP contribution < -0.4 is 0 Å². The number of hydrogen-bond donors (Lipinski definition) is 0. The molecule has 0 nitrogen and oxygen atoms in total. The van der Waals surface area contributed by atoms with Gasteiger partial charge in [-0.1, -0.05) is 0 Å². The molecule has 0 aliphatic carbocycles. The third-order valence-corrected chi connectivity index (χ3v) is 0. The predicted molar refractivity (Wildman–Crippen MR) is 58.0 cm³/mol. The van der Waals surface area contributed by atoms with E-state index in [0.717, 1.165) is 0 Å². The zero-order chi connectivity index (χ0) is 0. The molecule has 0 aromatic heterocycles.